The molecule has 6 nitrogen and oxygen atoms in total. The molecule has 2 aromatic heterocycles. The van der Waals surface area contributed by atoms with Crippen LogP contribution in [0.1, 0.15) is 42.3 Å². The fourth-order valence-electron chi connectivity index (χ4n) is 4.45. The summed E-state index contributed by atoms with van der Waals surface area (Å²) in [6.07, 6.45) is 6.24. The highest BCUT2D eigenvalue weighted by Crippen LogP contribution is 2.36. The number of hydrogen-bond acceptors (Lipinski definition) is 4. The van der Waals surface area contributed by atoms with E-state index in [9.17, 15) is 0 Å². The van der Waals surface area contributed by atoms with Gasteiger partial charge in [-0.1, -0.05) is 18.2 Å². The summed E-state index contributed by atoms with van der Waals surface area (Å²) >= 11 is 1.86. The van der Waals surface area contributed by atoms with Gasteiger partial charge in [0.1, 0.15) is 0 Å². The van der Waals surface area contributed by atoms with E-state index >= 15 is 0 Å². The van der Waals surface area contributed by atoms with Crippen molar-refractivity contribution in [1.82, 2.24) is 25.3 Å². The second kappa shape index (κ2) is 11.8. The number of aliphatic imine (C=N–C) groups is 1. The van der Waals surface area contributed by atoms with Crippen molar-refractivity contribution in [2.24, 2.45) is 10.9 Å². The van der Waals surface area contributed by atoms with Gasteiger partial charge in [-0.2, -0.15) is 5.10 Å². The average Bonchev–Trinajstić information content (AvgIpc) is 3.51. The van der Waals surface area contributed by atoms with Gasteiger partial charge in [0.25, 0.3) is 0 Å². The van der Waals surface area contributed by atoms with E-state index in [4.69, 9.17) is 0 Å². The number of hydrogen-bond donors (Lipinski definition) is 2. The molecule has 3 heterocycles. The number of nitrogens with one attached hydrogen (secondary N) is 2. The molecule has 0 radical (unpaired) electrons. The molecule has 1 fully saturated rings. The number of likely N-dealkylation sites (tertiary alicyclic amines) is 1. The zero-order chi connectivity index (χ0) is 21.6. The van der Waals surface area contributed by atoms with E-state index in [1.165, 1.54) is 23.3 Å². The van der Waals surface area contributed by atoms with Gasteiger partial charge in [0.05, 0.1) is 11.7 Å². The third kappa shape index (κ3) is 5.90. The molecule has 4 rings (SSSR count). The van der Waals surface area contributed by atoms with Crippen LogP contribution >= 0.6 is 35.3 Å². The number of guanidine groups is 1. The minimum atomic E-state index is 0. The van der Waals surface area contributed by atoms with E-state index in [0.717, 1.165) is 24.7 Å². The second-order valence-electron chi connectivity index (χ2n) is 8.21. The van der Waals surface area contributed by atoms with Crippen molar-refractivity contribution in [1.29, 1.82) is 0 Å². The van der Waals surface area contributed by atoms with Crippen LogP contribution in [-0.2, 0) is 0 Å². The maximum atomic E-state index is 4.48. The van der Waals surface area contributed by atoms with Gasteiger partial charge < -0.3 is 10.6 Å². The molecule has 8 heteroatoms. The topological polar surface area (TPSA) is 57.5 Å². The first-order valence-electron chi connectivity index (χ1n) is 11.0. The van der Waals surface area contributed by atoms with Crippen LogP contribution in [0.5, 0.6) is 0 Å². The lowest BCUT2D eigenvalue weighted by atomic mass is 9.88. The second-order valence-corrected chi connectivity index (χ2v) is 9.19. The summed E-state index contributed by atoms with van der Waals surface area (Å²) in [4.78, 5) is 8.44. The molecule has 1 aromatic carbocycles. The Morgan fingerprint density at radius 3 is 2.88 bits per heavy atom. The highest BCUT2D eigenvalue weighted by atomic mass is 127. The Bertz CT molecular complexity index is 972. The molecule has 0 saturated carbocycles. The van der Waals surface area contributed by atoms with Crippen molar-refractivity contribution in [2.75, 3.05) is 27.2 Å². The lowest BCUT2D eigenvalue weighted by Gasteiger charge is -2.39. The molecule has 3 aromatic rings. The molecule has 0 bridgehead atoms. The van der Waals surface area contributed by atoms with E-state index < -0.39 is 0 Å². The van der Waals surface area contributed by atoms with Gasteiger partial charge in [0.15, 0.2) is 5.96 Å². The van der Waals surface area contributed by atoms with Crippen molar-refractivity contribution in [3.05, 3.63) is 70.7 Å². The Kier molecular flexibility index (Phi) is 9.12. The predicted molar refractivity (Wildman–Crippen MR) is 144 cm³/mol. The van der Waals surface area contributed by atoms with Gasteiger partial charge in [-0.25, -0.2) is 4.68 Å². The lowest BCUT2D eigenvalue weighted by Crippen LogP contribution is -2.45. The standard InChI is InChI=1S/C24H32N6S.HI/c1-18(19-8-4-10-21(16-19)30-14-7-12-27-30)28-24(25-2)26-17-20-9-5-13-29(3)23(20)22-11-6-15-31-22;/h4,6-8,10-12,14-16,18,20,23H,5,9,13,17H2,1-3H3,(H2,25,26,28);1H. The maximum absolute atomic E-state index is 4.48. The van der Waals surface area contributed by atoms with E-state index in [1.54, 1.807) is 6.20 Å². The van der Waals surface area contributed by atoms with Gasteiger partial charge in [0, 0.05) is 36.9 Å². The molecule has 2 N–H and O–H groups in total. The molecule has 1 aliphatic heterocycles. The van der Waals surface area contributed by atoms with Crippen LogP contribution < -0.4 is 10.6 Å². The van der Waals surface area contributed by atoms with E-state index in [2.05, 4.69) is 81.4 Å². The van der Waals surface area contributed by atoms with Gasteiger partial charge in [0.2, 0.25) is 0 Å². The van der Waals surface area contributed by atoms with Crippen molar-refractivity contribution in [3.8, 4) is 5.69 Å². The molecule has 0 amide bonds. The Hall–Kier alpha value is -1.91. The van der Waals surface area contributed by atoms with E-state index in [1.807, 2.05) is 35.3 Å². The van der Waals surface area contributed by atoms with Crippen LogP contribution in [0.2, 0.25) is 0 Å². The van der Waals surface area contributed by atoms with Gasteiger partial charge in [-0.15, -0.1) is 35.3 Å². The molecular formula is C24H33IN6S. The first-order valence-corrected chi connectivity index (χ1v) is 11.8. The number of piperidine rings is 1. The Morgan fingerprint density at radius 2 is 2.16 bits per heavy atom. The molecule has 1 saturated heterocycles. The molecule has 32 heavy (non-hydrogen) atoms. The molecular weight excluding hydrogens is 531 g/mol. The average molecular weight is 565 g/mol. The summed E-state index contributed by atoms with van der Waals surface area (Å²) in [5.74, 6) is 1.41. The SMILES string of the molecule is CN=C(NCC1CCCN(C)C1c1cccs1)NC(C)c1cccc(-n2cccn2)c1.I. The van der Waals surface area contributed by atoms with Crippen LogP contribution in [-0.4, -0.2) is 47.8 Å². The van der Waals surface area contributed by atoms with E-state index in [0.29, 0.717) is 12.0 Å². The summed E-state index contributed by atoms with van der Waals surface area (Å²) in [5.41, 5.74) is 2.26. The molecule has 3 atom stereocenters. The summed E-state index contributed by atoms with van der Waals surface area (Å²) in [6, 6.07) is 15.4. The summed E-state index contributed by atoms with van der Waals surface area (Å²) in [7, 11) is 4.09. The van der Waals surface area contributed by atoms with Crippen molar-refractivity contribution < 1.29 is 0 Å². The first kappa shape index (κ1) is 24.7. The van der Waals surface area contributed by atoms with Crippen LogP contribution in [0, 0.1) is 5.92 Å². The third-order valence-corrected chi connectivity index (χ3v) is 7.03. The number of rotatable bonds is 6. The lowest BCUT2D eigenvalue weighted by molar-refractivity contribution is 0.125. The minimum Gasteiger partial charge on any atom is -0.356 e. The van der Waals surface area contributed by atoms with Gasteiger partial charge in [-0.05, 0) is 74.5 Å². The summed E-state index contributed by atoms with van der Waals surface area (Å²) < 4.78 is 1.88. The zero-order valence-electron chi connectivity index (χ0n) is 18.9. The number of thiophene rings is 1. The highest BCUT2D eigenvalue weighted by molar-refractivity contribution is 14.0. The van der Waals surface area contributed by atoms with Crippen molar-refractivity contribution in [2.45, 2.75) is 31.8 Å². The van der Waals surface area contributed by atoms with Crippen molar-refractivity contribution in [3.63, 3.8) is 0 Å². The smallest absolute Gasteiger partial charge is 0.191 e. The number of aromatic nitrogens is 2. The number of halogens is 1. The monoisotopic (exact) mass is 564 g/mol. The van der Waals surface area contributed by atoms with Crippen LogP contribution in [0.25, 0.3) is 5.69 Å². The molecule has 3 unspecified atom stereocenters. The van der Waals surface area contributed by atoms with Crippen molar-refractivity contribution >= 4 is 41.3 Å². The molecule has 172 valence electrons. The summed E-state index contributed by atoms with van der Waals surface area (Å²) in [5, 5.41) is 13.7. The fraction of sp³-hybridized carbons (Fsp3) is 0.417. The normalized spacial score (nSPS) is 20.4. The quantitative estimate of drug-likeness (QED) is 0.255. The van der Waals surface area contributed by atoms with Gasteiger partial charge >= 0.3 is 0 Å². The molecule has 0 spiro atoms. The Balaban J connectivity index is 0.00000289. The third-order valence-electron chi connectivity index (χ3n) is 6.09. The highest BCUT2D eigenvalue weighted by Gasteiger charge is 2.31. The summed E-state index contributed by atoms with van der Waals surface area (Å²) in [6.45, 7) is 4.24. The first-order chi connectivity index (χ1) is 15.2. The number of nitrogens with zero attached hydrogens (tertiary/aromatic N) is 4. The van der Waals surface area contributed by atoms with Crippen LogP contribution in [0.15, 0.2) is 65.2 Å². The Morgan fingerprint density at radius 1 is 1.28 bits per heavy atom. The minimum absolute atomic E-state index is 0. The predicted octanol–water partition coefficient (Wildman–Crippen LogP) is 4.86. The molecule has 1 aliphatic rings. The Labute approximate surface area is 212 Å². The number of benzene rings is 1. The van der Waals surface area contributed by atoms with Crippen LogP contribution in [0.3, 0.4) is 0 Å². The van der Waals surface area contributed by atoms with E-state index in [-0.39, 0.29) is 30.0 Å². The maximum Gasteiger partial charge on any atom is 0.191 e. The largest absolute Gasteiger partial charge is 0.356 e. The zero-order valence-corrected chi connectivity index (χ0v) is 22.1. The fourth-order valence-corrected chi connectivity index (χ4v) is 5.43. The molecule has 0 aliphatic carbocycles. The van der Waals surface area contributed by atoms with Crippen LogP contribution in [0.4, 0.5) is 0 Å². The van der Waals surface area contributed by atoms with Gasteiger partial charge in [-0.3, -0.25) is 9.89 Å².